The summed E-state index contributed by atoms with van der Waals surface area (Å²) >= 11 is 5.95. The number of nitrogens with zero attached hydrogens (tertiary/aromatic N) is 1. The third-order valence-corrected chi connectivity index (χ3v) is 4.72. The first-order valence-corrected chi connectivity index (χ1v) is 8.74. The molecule has 1 aromatic carbocycles. The Morgan fingerprint density at radius 1 is 1.31 bits per heavy atom. The molecule has 0 saturated carbocycles. The Balaban J connectivity index is 1.63. The maximum absolute atomic E-state index is 12.3. The lowest BCUT2D eigenvalue weighted by Crippen LogP contribution is -2.39. The zero-order valence-corrected chi connectivity index (χ0v) is 14.7. The molecule has 2 aromatic rings. The van der Waals surface area contributed by atoms with Crippen LogP contribution in [-0.2, 0) is 9.53 Å². The van der Waals surface area contributed by atoms with E-state index >= 15 is 0 Å². The minimum atomic E-state index is -0.919. The Morgan fingerprint density at radius 3 is 2.77 bits per heavy atom. The highest BCUT2D eigenvalue weighted by Gasteiger charge is 2.30. The van der Waals surface area contributed by atoms with Gasteiger partial charge in [0.15, 0.2) is 11.5 Å². The summed E-state index contributed by atoms with van der Waals surface area (Å²) in [5, 5.41) is 16.4. The number of ether oxygens (including phenoxy) is 1. The molecule has 138 valence electrons. The van der Waals surface area contributed by atoms with E-state index < -0.39 is 17.8 Å². The Kier molecular flexibility index (Phi) is 5.90. The van der Waals surface area contributed by atoms with E-state index in [2.05, 4.69) is 10.5 Å². The third kappa shape index (κ3) is 4.42. The van der Waals surface area contributed by atoms with Crippen molar-refractivity contribution in [3.8, 4) is 11.3 Å². The summed E-state index contributed by atoms with van der Waals surface area (Å²) in [5.41, 5.74) is 0.797. The summed E-state index contributed by atoms with van der Waals surface area (Å²) in [6.45, 7) is 1.14. The highest BCUT2D eigenvalue weighted by atomic mass is 35.5. The quantitative estimate of drug-likeness (QED) is 0.801. The summed E-state index contributed by atoms with van der Waals surface area (Å²) in [4.78, 5) is 23.8. The van der Waals surface area contributed by atoms with Crippen LogP contribution in [0.4, 0.5) is 0 Å². The van der Waals surface area contributed by atoms with E-state index in [1.807, 2.05) is 0 Å². The minimum absolute atomic E-state index is 0.0131. The van der Waals surface area contributed by atoms with E-state index in [1.54, 1.807) is 24.3 Å². The number of carboxylic acid groups (broad SMARTS) is 1. The van der Waals surface area contributed by atoms with Crippen molar-refractivity contribution < 1.29 is 24.0 Å². The molecule has 26 heavy (non-hydrogen) atoms. The maximum Gasteiger partial charge on any atom is 0.308 e. The van der Waals surface area contributed by atoms with Gasteiger partial charge in [0.25, 0.3) is 5.91 Å². The van der Waals surface area contributed by atoms with Gasteiger partial charge < -0.3 is 19.7 Å². The Hall–Kier alpha value is -2.38. The van der Waals surface area contributed by atoms with Crippen LogP contribution < -0.4 is 5.32 Å². The van der Waals surface area contributed by atoms with Crippen molar-refractivity contribution in [2.45, 2.75) is 12.8 Å². The number of hydrogen-bond acceptors (Lipinski definition) is 5. The highest BCUT2D eigenvalue weighted by Crippen LogP contribution is 2.25. The maximum atomic E-state index is 12.3. The molecule has 0 spiro atoms. The predicted molar refractivity (Wildman–Crippen MR) is 94.0 cm³/mol. The van der Waals surface area contributed by atoms with Crippen LogP contribution in [0.25, 0.3) is 11.3 Å². The Bertz CT molecular complexity index is 785. The molecule has 1 fully saturated rings. The number of aromatic nitrogens is 1. The molecule has 1 aliphatic rings. The normalized spacial score (nSPS) is 16.2. The molecule has 1 amide bonds. The van der Waals surface area contributed by atoms with E-state index in [9.17, 15) is 14.7 Å². The van der Waals surface area contributed by atoms with Gasteiger partial charge in [0, 0.05) is 36.4 Å². The second-order valence-corrected chi connectivity index (χ2v) is 6.63. The average molecular weight is 379 g/mol. The molecule has 8 heteroatoms. The number of halogens is 1. The van der Waals surface area contributed by atoms with Gasteiger partial charge in [0.2, 0.25) is 0 Å². The van der Waals surface area contributed by atoms with E-state index in [0.29, 0.717) is 42.4 Å². The van der Waals surface area contributed by atoms with Gasteiger partial charge in [-0.05, 0) is 30.9 Å². The number of hydrogen-bond donors (Lipinski definition) is 2. The smallest absolute Gasteiger partial charge is 0.308 e. The lowest BCUT2D eigenvalue weighted by molar-refractivity contribution is -0.144. The summed E-state index contributed by atoms with van der Waals surface area (Å²) in [6, 6.07) is 8.50. The third-order valence-electron chi connectivity index (χ3n) is 4.49. The van der Waals surface area contributed by atoms with Crippen molar-refractivity contribution in [3.05, 3.63) is 41.0 Å². The Labute approximate surface area is 155 Å². The van der Waals surface area contributed by atoms with Crippen LogP contribution in [0.2, 0.25) is 5.02 Å². The fourth-order valence-corrected chi connectivity index (χ4v) is 3.22. The first kappa shape index (κ1) is 18.4. The number of carboxylic acids is 1. The molecule has 0 radical (unpaired) electrons. The number of nitrogens with one attached hydrogen (secondary N) is 1. The minimum Gasteiger partial charge on any atom is -0.481 e. The number of carbonyl (C=O) groups is 2. The van der Waals surface area contributed by atoms with Crippen molar-refractivity contribution in [2.75, 3.05) is 19.8 Å². The topological polar surface area (TPSA) is 102 Å². The van der Waals surface area contributed by atoms with Gasteiger partial charge in [-0.2, -0.15) is 0 Å². The molecular formula is C18H19ClN2O5. The van der Waals surface area contributed by atoms with Gasteiger partial charge in [-0.25, -0.2) is 0 Å². The van der Waals surface area contributed by atoms with Crippen molar-refractivity contribution in [1.29, 1.82) is 0 Å². The van der Waals surface area contributed by atoms with Crippen molar-refractivity contribution in [3.63, 3.8) is 0 Å². The monoisotopic (exact) mass is 378 g/mol. The highest BCUT2D eigenvalue weighted by molar-refractivity contribution is 6.30. The molecular weight excluding hydrogens is 360 g/mol. The van der Waals surface area contributed by atoms with Gasteiger partial charge >= 0.3 is 5.97 Å². The Morgan fingerprint density at radius 2 is 2.08 bits per heavy atom. The van der Waals surface area contributed by atoms with E-state index in [0.717, 1.165) is 0 Å². The molecule has 1 atom stereocenters. The summed E-state index contributed by atoms with van der Waals surface area (Å²) < 4.78 is 10.5. The molecule has 0 aliphatic carbocycles. The van der Waals surface area contributed by atoms with Crippen LogP contribution in [0.15, 0.2) is 34.9 Å². The molecule has 2 N–H and O–H groups in total. The summed E-state index contributed by atoms with van der Waals surface area (Å²) in [7, 11) is 0. The van der Waals surface area contributed by atoms with Gasteiger partial charge in [0.05, 0.1) is 5.92 Å². The summed E-state index contributed by atoms with van der Waals surface area (Å²) in [5.74, 6) is -1.64. The fourth-order valence-electron chi connectivity index (χ4n) is 3.03. The molecule has 1 unspecified atom stereocenters. The van der Waals surface area contributed by atoms with Crippen LogP contribution in [0.5, 0.6) is 0 Å². The van der Waals surface area contributed by atoms with Gasteiger partial charge in [-0.1, -0.05) is 28.9 Å². The van der Waals surface area contributed by atoms with Gasteiger partial charge in [-0.3, -0.25) is 9.59 Å². The lowest BCUT2D eigenvalue weighted by Gasteiger charge is -2.27. The lowest BCUT2D eigenvalue weighted by atomic mass is 9.86. The van der Waals surface area contributed by atoms with Crippen molar-refractivity contribution in [2.24, 2.45) is 11.8 Å². The predicted octanol–water partition coefficient (Wildman–Crippen LogP) is 2.85. The largest absolute Gasteiger partial charge is 0.481 e. The second-order valence-electron chi connectivity index (χ2n) is 6.19. The first-order chi connectivity index (χ1) is 12.5. The number of benzene rings is 1. The van der Waals surface area contributed by atoms with E-state index in [4.69, 9.17) is 20.9 Å². The number of rotatable bonds is 6. The van der Waals surface area contributed by atoms with E-state index in [-0.39, 0.29) is 18.2 Å². The van der Waals surface area contributed by atoms with Crippen LogP contribution in [0.1, 0.15) is 23.3 Å². The fraction of sp³-hybridized carbons (Fsp3) is 0.389. The average Bonchev–Trinajstić information content (AvgIpc) is 3.13. The van der Waals surface area contributed by atoms with Crippen LogP contribution >= 0.6 is 11.6 Å². The SMILES string of the molecule is O=C(NCC(C(=O)O)C1CCOCC1)c1cc(-c2cccc(Cl)c2)on1. The van der Waals surface area contributed by atoms with Gasteiger partial charge in [0.1, 0.15) is 0 Å². The first-order valence-electron chi connectivity index (χ1n) is 8.36. The van der Waals surface area contributed by atoms with Crippen LogP contribution in [0.3, 0.4) is 0 Å². The molecule has 1 saturated heterocycles. The standard InChI is InChI=1S/C18H19ClN2O5/c19-13-3-1-2-12(8-13)16-9-15(21-26-16)17(22)20-10-14(18(23)24)11-4-6-25-7-5-11/h1-3,8-9,11,14H,4-7,10H2,(H,20,22)(H,23,24). The molecule has 0 bridgehead atoms. The van der Waals surface area contributed by atoms with Crippen molar-refractivity contribution >= 4 is 23.5 Å². The molecule has 3 rings (SSSR count). The number of carbonyl (C=O) groups excluding carboxylic acids is 1. The molecule has 2 heterocycles. The number of amides is 1. The second kappa shape index (κ2) is 8.33. The number of aliphatic carboxylic acids is 1. The zero-order chi connectivity index (χ0) is 18.5. The van der Waals surface area contributed by atoms with Crippen LogP contribution in [0, 0.1) is 11.8 Å². The van der Waals surface area contributed by atoms with Gasteiger partial charge in [-0.15, -0.1) is 0 Å². The summed E-state index contributed by atoms with van der Waals surface area (Å²) in [6.07, 6.45) is 1.35. The van der Waals surface area contributed by atoms with Crippen LogP contribution in [-0.4, -0.2) is 41.9 Å². The van der Waals surface area contributed by atoms with Crippen molar-refractivity contribution in [1.82, 2.24) is 10.5 Å². The molecule has 7 nitrogen and oxygen atoms in total. The molecule has 1 aliphatic heterocycles. The van der Waals surface area contributed by atoms with E-state index in [1.165, 1.54) is 6.07 Å². The molecule has 1 aromatic heterocycles. The zero-order valence-electron chi connectivity index (χ0n) is 14.0.